The van der Waals surface area contributed by atoms with Crippen LogP contribution in [0, 0.1) is 0 Å². The summed E-state index contributed by atoms with van der Waals surface area (Å²) in [6.45, 7) is 6.58. The fraction of sp³-hybridized carbons (Fsp3) is 0.312. The molecule has 0 aliphatic carbocycles. The first kappa shape index (κ1) is 11.8. The summed E-state index contributed by atoms with van der Waals surface area (Å²) in [5, 5.41) is 0. The molecule has 17 heavy (non-hydrogen) atoms. The molecule has 0 aliphatic heterocycles. The van der Waals surface area contributed by atoms with Crippen LogP contribution < -0.4 is 0 Å². The molecule has 0 radical (unpaired) electrons. The molecule has 0 saturated carbocycles. The summed E-state index contributed by atoms with van der Waals surface area (Å²) in [5.74, 6) is 0.503. The first-order valence-electron chi connectivity index (χ1n) is 6.27. The molecule has 0 fully saturated rings. The van der Waals surface area contributed by atoms with Gasteiger partial charge >= 0.3 is 0 Å². The van der Waals surface area contributed by atoms with Crippen molar-refractivity contribution >= 4 is 0 Å². The molecule has 0 bridgehead atoms. The smallest absolute Gasteiger partial charge is 0.0739 e. The lowest BCUT2D eigenvalue weighted by Gasteiger charge is -2.13. The van der Waals surface area contributed by atoms with Crippen molar-refractivity contribution in [3.63, 3.8) is 0 Å². The number of aromatic nitrogens is 1. The lowest BCUT2D eigenvalue weighted by atomic mass is 9.96. The van der Waals surface area contributed by atoms with Gasteiger partial charge in [-0.15, -0.1) is 0 Å². The SMILES string of the molecule is CCc1ccc(C(C)C)c(-c2ccccc2)n1. The predicted octanol–water partition coefficient (Wildman–Crippen LogP) is 4.43. The van der Waals surface area contributed by atoms with Crippen LogP contribution in [-0.2, 0) is 6.42 Å². The van der Waals surface area contributed by atoms with Crippen LogP contribution in [0.3, 0.4) is 0 Å². The molecule has 0 amide bonds. The second kappa shape index (κ2) is 5.13. The van der Waals surface area contributed by atoms with Crippen molar-refractivity contribution in [2.75, 3.05) is 0 Å². The maximum absolute atomic E-state index is 4.78. The summed E-state index contributed by atoms with van der Waals surface area (Å²) in [7, 11) is 0. The van der Waals surface area contributed by atoms with Crippen LogP contribution in [0.5, 0.6) is 0 Å². The van der Waals surface area contributed by atoms with Crippen molar-refractivity contribution < 1.29 is 0 Å². The predicted molar refractivity (Wildman–Crippen MR) is 73.1 cm³/mol. The van der Waals surface area contributed by atoms with Gasteiger partial charge in [0.1, 0.15) is 0 Å². The Morgan fingerprint density at radius 2 is 1.71 bits per heavy atom. The standard InChI is InChI=1S/C16H19N/c1-4-14-10-11-15(12(2)3)16(17-14)13-8-6-5-7-9-13/h5-12H,4H2,1-3H3. The second-order valence-electron chi connectivity index (χ2n) is 4.61. The van der Waals surface area contributed by atoms with Gasteiger partial charge in [0.2, 0.25) is 0 Å². The molecule has 0 spiro atoms. The normalized spacial score (nSPS) is 10.8. The molecule has 1 heterocycles. The first-order valence-corrected chi connectivity index (χ1v) is 6.27. The van der Waals surface area contributed by atoms with Crippen molar-refractivity contribution in [2.45, 2.75) is 33.1 Å². The molecule has 88 valence electrons. The van der Waals surface area contributed by atoms with Gasteiger partial charge in [0, 0.05) is 11.3 Å². The van der Waals surface area contributed by atoms with Gasteiger partial charge in [-0.2, -0.15) is 0 Å². The number of hydrogen-bond acceptors (Lipinski definition) is 1. The molecule has 0 saturated heterocycles. The first-order chi connectivity index (χ1) is 8.22. The summed E-state index contributed by atoms with van der Waals surface area (Å²) >= 11 is 0. The van der Waals surface area contributed by atoms with E-state index in [9.17, 15) is 0 Å². The second-order valence-corrected chi connectivity index (χ2v) is 4.61. The van der Waals surface area contributed by atoms with E-state index in [1.807, 2.05) is 6.07 Å². The van der Waals surface area contributed by atoms with Gasteiger partial charge in [0.05, 0.1) is 5.69 Å². The maximum Gasteiger partial charge on any atom is 0.0739 e. The largest absolute Gasteiger partial charge is 0.253 e. The highest BCUT2D eigenvalue weighted by Gasteiger charge is 2.10. The third-order valence-electron chi connectivity index (χ3n) is 3.02. The summed E-state index contributed by atoms with van der Waals surface area (Å²) in [5.41, 5.74) is 4.84. The van der Waals surface area contributed by atoms with Crippen LogP contribution in [0.25, 0.3) is 11.3 Å². The Labute approximate surface area is 104 Å². The van der Waals surface area contributed by atoms with Crippen molar-refractivity contribution in [1.29, 1.82) is 0 Å². The third-order valence-corrected chi connectivity index (χ3v) is 3.02. The third kappa shape index (κ3) is 2.55. The van der Waals surface area contributed by atoms with Crippen molar-refractivity contribution in [1.82, 2.24) is 4.98 Å². The van der Waals surface area contributed by atoms with Crippen LogP contribution in [-0.4, -0.2) is 4.98 Å². The number of rotatable bonds is 3. The zero-order chi connectivity index (χ0) is 12.3. The lowest BCUT2D eigenvalue weighted by Crippen LogP contribution is -1.98. The molecular formula is C16H19N. The fourth-order valence-electron chi connectivity index (χ4n) is 2.00. The highest BCUT2D eigenvalue weighted by atomic mass is 14.7. The minimum absolute atomic E-state index is 0.503. The van der Waals surface area contributed by atoms with Crippen molar-refractivity contribution in [3.8, 4) is 11.3 Å². The molecule has 0 aliphatic rings. The molecule has 1 aromatic carbocycles. The van der Waals surface area contributed by atoms with Crippen molar-refractivity contribution in [3.05, 3.63) is 53.7 Å². The summed E-state index contributed by atoms with van der Waals surface area (Å²) in [6, 6.07) is 14.8. The Morgan fingerprint density at radius 3 is 2.29 bits per heavy atom. The molecule has 0 N–H and O–H groups in total. The fourth-order valence-corrected chi connectivity index (χ4v) is 2.00. The Balaban J connectivity index is 2.57. The summed E-state index contributed by atoms with van der Waals surface area (Å²) in [6.07, 6.45) is 0.984. The van der Waals surface area contributed by atoms with Gasteiger partial charge in [0.25, 0.3) is 0 Å². The van der Waals surface area contributed by atoms with Gasteiger partial charge in [-0.05, 0) is 24.0 Å². The highest BCUT2D eigenvalue weighted by molar-refractivity contribution is 5.63. The Morgan fingerprint density at radius 1 is 1.00 bits per heavy atom. The Kier molecular flexibility index (Phi) is 3.58. The molecule has 2 aromatic rings. The Hall–Kier alpha value is -1.63. The topological polar surface area (TPSA) is 12.9 Å². The number of hydrogen-bond donors (Lipinski definition) is 0. The van der Waals surface area contributed by atoms with E-state index in [2.05, 4.69) is 57.2 Å². The summed E-state index contributed by atoms with van der Waals surface area (Å²) in [4.78, 5) is 4.78. The van der Waals surface area contributed by atoms with E-state index in [0.717, 1.165) is 17.8 Å². The number of aryl methyl sites for hydroxylation is 1. The van der Waals surface area contributed by atoms with Crippen LogP contribution in [0.1, 0.15) is 37.9 Å². The number of nitrogens with zero attached hydrogens (tertiary/aromatic N) is 1. The average Bonchev–Trinajstić information content (AvgIpc) is 2.39. The Bertz CT molecular complexity index is 486. The average molecular weight is 225 g/mol. The van der Waals surface area contributed by atoms with E-state index >= 15 is 0 Å². The van der Waals surface area contributed by atoms with E-state index in [-0.39, 0.29) is 0 Å². The van der Waals surface area contributed by atoms with E-state index in [0.29, 0.717) is 5.92 Å². The van der Waals surface area contributed by atoms with E-state index in [1.165, 1.54) is 11.1 Å². The van der Waals surface area contributed by atoms with E-state index < -0.39 is 0 Å². The zero-order valence-electron chi connectivity index (χ0n) is 10.8. The molecule has 1 aromatic heterocycles. The van der Waals surface area contributed by atoms with Gasteiger partial charge < -0.3 is 0 Å². The van der Waals surface area contributed by atoms with E-state index in [4.69, 9.17) is 4.98 Å². The van der Waals surface area contributed by atoms with Gasteiger partial charge in [-0.3, -0.25) is 4.98 Å². The van der Waals surface area contributed by atoms with Crippen LogP contribution in [0.15, 0.2) is 42.5 Å². The quantitative estimate of drug-likeness (QED) is 0.752. The monoisotopic (exact) mass is 225 g/mol. The van der Waals surface area contributed by atoms with Gasteiger partial charge in [-0.1, -0.05) is 57.2 Å². The summed E-state index contributed by atoms with van der Waals surface area (Å²) < 4.78 is 0. The van der Waals surface area contributed by atoms with Crippen LogP contribution in [0.2, 0.25) is 0 Å². The maximum atomic E-state index is 4.78. The zero-order valence-corrected chi connectivity index (χ0v) is 10.8. The van der Waals surface area contributed by atoms with Gasteiger partial charge in [0.15, 0.2) is 0 Å². The highest BCUT2D eigenvalue weighted by Crippen LogP contribution is 2.27. The molecule has 0 unspecified atom stereocenters. The van der Waals surface area contributed by atoms with Crippen LogP contribution in [0.4, 0.5) is 0 Å². The van der Waals surface area contributed by atoms with E-state index in [1.54, 1.807) is 0 Å². The minimum Gasteiger partial charge on any atom is -0.253 e. The molecule has 0 atom stereocenters. The molecule has 1 heteroatoms. The molecule has 1 nitrogen and oxygen atoms in total. The molecular weight excluding hydrogens is 206 g/mol. The minimum atomic E-state index is 0.503. The molecule has 2 rings (SSSR count). The van der Waals surface area contributed by atoms with Crippen molar-refractivity contribution in [2.24, 2.45) is 0 Å². The lowest BCUT2D eigenvalue weighted by molar-refractivity contribution is 0.855. The number of pyridine rings is 1. The van der Waals surface area contributed by atoms with Gasteiger partial charge in [-0.25, -0.2) is 0 Å². The number of benzene rings is 1. The van der Waals surface area contributed by atoms with Crippen LogP contribution >= 0.6 is 0 Å².